The van der Waals surface area contributed by atoms with Crippen molar-refractivity contribution in [1.29, 1.82) is 0 Å². The van der Waals surface area contributed by atoms with E-state index in [2.05, 4.69) is 10.2 Å². The number of methoxy groups -OCH3 is 1. The van der Waals surface area contributed by atoms with Crippen LogP contribution in [0.25, 0.3) is 10.9 Å². The van der Waals surface area contributed by atoms with Crippen LogP contribution in [0.4, 0.5) is 0 Å². The minimum atomic E-state index is -0.543. The summed E-state index contributed by atoms with van der Waals surface area (Å²) in [5.74, 6) is -0.854. The topological polar surface area (TPSA) is 72.1 Å². The van der Waals surface area contributed by atoms with Gasteiger partial charge in [-0.1, -0.05) is 36.4 Å². The zero-order valence-corrected chi connectivity index (χ0v) is 11.3. The van der Waals surface area contributed by atoms with E-state index in [1.807, 2.05) is 24.3 Å². The van der Waals surface area contributed by atoms with Gasteiger partial charge in [0.05, 0.1) is 18.2 Å². The van der Waals surface area contributed by atoms with Crippen molar-refractivity contribution in [2.45, 2.75) is 0 Å². The Kier molecular flexibility index (Phi) is 3.23. The lowest BCUT2D eigenvalue weighted by Gasteiger charge is -2.05. The van der Waals surface area contributed by atoms with Gasteiger partial charge in [0.15, 0.2) is 0 Å². The first-order valence-electron chi connectivity index (χ1n) is 6.37. The molecule has 0 saturated carbocycles. The van der Waals surface area contributed by atoms with Crippen molar-refractivity contribution in [3.63, 3.8) is 0 Å². The van der Waals surface area contributed by atoms with Crippen molar-refractivity contribution >= 4 is 22.7 Å². The molecule has 5 heteroatoms. The number of carbonyl (C=O) groups is 2. The number of aromatic amines is 1. The standard InChI is InChI=1S/C16H12N2O3/c1-21-16(20)11-7-3-2-6-10(11)15(19)14-12-8-4-5-9-13(12)17-18-14/h2-9H,1H3,(H,17,18). The number of fused-ring (bicyclic) bond motifs is 1. The van der Waals surface area contributed by atoms with E-state index >= 15 is 0 Å². The highest BCUT2D eigenvalue weighted by molar-refractivity contribution is 6.18. The number of ketones is 1. The predicted octanol–water partition coefficient (Wildman–Crippen LogP) is 2.58. The van der Waals surface area contributed by atoms with Crippen LogP contribution in [0.3, 0.4) is 0 Å². The second-order valence-corrected chi connectivity index (χ2v) is 4.48. The monoisotopic (exact) mass is 280 g/mol. The summed E-state index contributed by atoms with van der Waals surface area (Å²) >= 11 is 0. The number of hydrogen-bond donors (Lipinski definition) is 1. The third-order valence-electron chi connectivity index (χ3n) is 3.26. The van der Waals surface area contributed by atoms with Crippen molar-refractivity contribution in [3.8, 4) is 0 Å². The number of carbonyl (C=O) groups excluding carboxylic acids is 2. The highest BCUT2D eigenvalue weighted by Crippen LogP contribution is 2.20. The summed E-state index contributed by atoms with van der Waals surface area (Å²) in [6.45, 7) is 0. The van der Waals surface area contributed by atoms with Crippen molar-refractivity contribution in [2.24, 2.45) is 0 Å². The maximum absolute atomic E-state index is 12.7. The number of nitrogens with zero attached hydrogens (tertiary/aromatic N) is 1. The molecule has 0 atom stereocenters. The van der Waals surface area contributed by atoms with Crippen LogP contribution in [0.1, 0.15) is 26.4 Å². The molecule has 0 aliphatic carbocycles. The van der Waals surface area contributed by atoms with E-state index in [4.69, 9.17) is 4.74 Å². The molecule has 3 aromatic rings. The molecule has 0 unspecified atom stereocenters. The Morgan fingerprint density at radius 3 is 2.43 bits per heavy atom. The number of nitrogens with one attached hydrogen (secondary N) is 1. The Hall–Kier alpha value is -2.95. The summed E-state index contributed by atoms with van der Waals surface area (Å²) in [6, 6.07) is 13.9. The van der Waals surface area contributed by atoms with Gasteiger partial charge in [0, 0.05) is 10.9 Å². The number of esters is 1. The summed E-state index contributed by atoms with van der Waals surface area (Å²) in [4.78, 5) is 24.4. The molecule has 0 bridgehead atoms. The third kappa shape index (κ3) is 2.18. The number of rotatable bonds is 3. The smallest absolute Gasteiger partial charge is 0.338 e. The maximum Gasteiger partial charge on any atom is 0.338 e. The lowest BCUT2D eigenvalue weighted by atomic mass is 10.00. The van der Waals surface area contributed by atoms with Crippen LogP contribution in [0.15, 0.2) is 48.5 Å². The molecular weight excluding hydrogens is 268 g/mol. The zero-order chi connectivity index (χ0) is 14.8. The van der Waals surface area contributed by atoms with Crippen LogP contribution in [0.5, 0.6) is 0 Å². The van der Waals surface area contributed by atoms with Crippen LogP contribution in [-0.2, 0) is 4.74 Å². The molecule has 0 amide bonds. The second-order valence-electron chi connectivity index (χ2n) is 4.48. The fourth-order valence-electron chi connectivity index (χ4n) is 2.23. The van der Waals surface area contributed by atoms with Crippen LogP contribution in [0.2, 0.25) is 0 Å². The van der Waals surface area contributed by atoms with Gasteiger partial charge in [0.2, 0.25) is 5.78 Å². The summed E-state index contributed by atoms with van der Waals surface area (Å²) in [6.07, 6.45) is 0. The van der Waals surface area contributed by atoms with Gasteiger partial charge in [-0.15, -0.1) is 0 Å². The average molecular weight is 280 g/mol. The van der Waals surface area contributed by atoms with Crippen molar-refractivity contribution in [2.75, 3.05) is 7.11 Å². The minimum absolute atomic E-state index is 0.233. The van der Waals surface area contributed by atoms with E-state index in [0.29, 0.717) is 5.69 Å². The van der Waals surface area contributed by atoms with Gasteiger partial charge in [-0.05, 0) is 12.1 Å². The van der Waals surface area contributed by atoms with Gasteiger partial charge >= 0.3 is 5.97 Å². The van der Waals surface area contributed by atoms with Gasteiger partial charge in [0.25, 0.3) is 0 Å². The Bertz CT molecular complexity index is 836. The summed E-state index contributed by atoms with van der Waals surface area (Å²) in [7, 11) is 1.29. The molecule has 0 fully saturated rings. The van der Waals surface area contributed by atoms with E-state index in [0.717, 1.165) is 10.9 Å². The van der Waals surface area contributed by atoms with Gasteiger partial charge < -0.3 is 4.74 Å². The first-order chi connectivity index (χ1) is 10.2. The number of aromatic nitrogens is 2. The molecule has 104 valence electrons. The zero-order valence-electron chi connectivity index (χ0n) is 11.3. The number of ether oxygens (including phenoxy) is 1. The summed E-state index contributed by atoms with van der Waals surface area (Å²) in [5, 5.41) is 7.61. The van der Waals surface area contributed by atoms with Crippen LogP contribution in [-0.4, -0.2) is 29.1 Å². The van der Waals surface area contributed by atoms with Crippen molar-refractivity contribution in [3.05, 3.63) is 65.4 Å². The fourth-order valence-corrected chi connectivity index (χ4v) is 2.23. The van der Waals surface area contributed by atoms with E-state index in [1.165, 1.54) is 7.11 Å². The Labute approximate surface area is 120 Å². The molecule has 1 heterocycles. The summed E-state index contributed by atoms with van der Waals surface area (Å²) < 4.78 is 4.71. The molecule has 5 nitrogen and oxygen atoms in total. The van der Waals surface area contributed by atoms with E-state index < -0.39 is 5.97 Å². The molecule has 1 aromatic heterocycles. The summed E-state index contributed by atoms with van der Waals surface area (Å²) in [5.41, 5.74) is 1.58. The lowest BCUT2D eigenvalue weighted by Crippen LogP contribution is -2.11. The first-order valence-corrected chi connectivity index (χ1v) is 6.37. The molecule has 3 rings (SSSR count). The van der Waals surface area contributed by atoms with E-state index in [-0.39, 0.29) is 16.9 Å². The average Bonchev–Trinajstić information content (AvgIpc) is 2.97. The fraction of sp³-hybridized carbons (Fsp3) is 0.0625. The van der Waals surface area contributed by atoms with Crippen LogP contribution >= 0.6 is 0 Å². The lowest BCUT2D eigenvalue weighted by molar-refractivity contribution is 0.0597. The first kappa shape index (κ1) is 13.1. The number of para-hydroxylation sites is 1. The van der Waals surface area contributed by atoms with Crippen molar-refractivity contribution < 1.29 is 14.3 Å². The molecule has 0 saturated heterocycles. The number of hydrogen-bond acceptors (Lipinski definition) is 4. The third-order valence-corrected chi connectivity index (χ3v) is 3.26. The molecule has 0 radical (unpaired) electrons. The van der Waals surface area contributed by atoms with Gasteiger partial charge in [-0.3, -0.25) is 9.89 Å². The molecule has 0 aliphatic heterocycles. The highest BCUT2D eigenvalue weighted by Gasteiger charge is 2.21. The molecule has 0 spiro atoms. The quantitative estimate of drug-likeness (QED) is 0.591. The molecule has 21 heavy (non-hydrogen) atoms. The molecule has 1 N–H and O–H groups in total. The Balaban J connectivity index is 2.13. The van der Waals surface area contributed by atoms with Crippen LogP contribution in [0, 0.1) is 0 Å². The maximum atomic E-state index is 12.7. The van der Waals surface area contributed by atoms with Crippen LogP contribution < -0.4 is 0 Å². The Morgan fingerprint density at radius 2 is 1.67 bits per heavy atom. The van der Waals surface area contributed by atoms with Gasteiger partial charge in [-0.2, -0.15) is 5.10 Å². The SMILES string of the molecule is COC(=O)c1ccccc1C(=O)c1n[nH]c2ccccc12. The normalized spacial score (nSPS) is 10.5. The van der Waals surface area contributed by atoms with Crippen molar-refractivity contribution in [1.82, 2.24) is 10.2 Å². The highest BCUT2D eigenvalue weighted by atomic mass is 16.5. The molecular formula is C16H12N2O3. The molecule has 2 aromatic carbocycles. The molecule has 0 aliphatic rings. The number of H-pyrrole nitrogens is 1. The van der Waals surface area contributed by atoms with E-state index in [1.54, 1.807) is 24.3 Å². The largest absolute Gasteiger partial charge is 0.465 e. The van der Waals surface area contributed by atoms with Gasteiger partial charge in [0.1, 0.15) is 5.69 Å². The van der Waals surface area contributed by atoms with E-state index in [9.17, 15) is 9.59 Å². The van der Waals surface area contributed by atoms with Gasteiger partial charge in [-0.25, -0.2) is 4.79 Å². The predicted molar refractivity (Wildman–Crippen MR) is 77.3 cm³/mol. The minimum Gasteiger partial charge on any atom is -0.465 e. The Morgan fingerprint density at radius 1 is 1.00 bits per heavy atom. The number of benzene rings is 2. The second kappa shape index (κ2) is 5.20.